The van der Waals surface area contributed by atoms with Gasteiger partial charge in [0.1, 0.15) is 5.75 Å². The summed E-state index contributed by atoms with van der Waals surface area (Å²) in [5, 5.41) is 0. The normalized spacial score (nSPS) is 12.1. The Morgan fingerprint density at radius 1 is 0.938 bits per heavy atom. The van der Waals surface area contributed by atoms with Gasteiger partial charge in [0.2, 0.25) is 11.1 Å². The van der Waals surface area contributed by atoms with E-state index in [0.717, 1.165) is 4.90 Å². The number of hydrogen-bond acceptors (Lipinski definition) is 3. The molecule has 0 bridgehead atoms. The summed E-state index contributed by atoms with van der Waals surface area (Å²) in [6.07, 6.45) is 0. The van der Waals surface area contributed by atoms with Gasteiger partial charge in [-0.2, -0.15) is 0 Å². The van der Waals surface area contributed by atoms with E-state index in [9.17, 15) is 4.21 Å². The second kappa shape index (κ2) is 5.18. The minimum Gasteiger partial charge on any atom is -0.397 e. The summed E-state index contributed by atoms with van der Waals surface area (Å²) >= 11 is 2.69. The summed E-state index contributed by atoms with van der Waals surface area (Å²) in [6, 6.07) is 16.1. The van der Waals surface area contributed by atoms with Crippen molar-refractivity contribution < 1.29 is 8.39 Å². The molecule has 2 nitrogen and oxygen atoms in total. The third-order valence-corrected chi connectivity index (χ3v) is 3.24. The molecule has 1 unspecified atom stereocenters. The Balaban J connectivity index is 2.11. The molecule has 16 heavy (non-hydrogen) atoms. The predicted octanol–water partition coefficient (Wildman–Crippen LogP) is 3.08. The fourth-order valence-corrected chi connectivity index (χ4v) is 2.08. The maximum absolute atomic E-state index is 11.8. The van der Waals surface area contributed by atoms with Gasteiger partial charge in [-0.1, -0.05) is 18.2 Å². The first-order valence-corrected chi connectivity index (χ1v) is 6.22. The molecule has 0 heterocycles. The average molecular weight is 250 g/mol. The van der Waals surface area contributed by atoms with E-state index in [1.165, 1.54) is 0 Å². The molecule has 0 saturated heterocycles. The summed E-state index contributed by atoms with van der Waals surface area (Å²) in [7, 11) is 0. The topological polar surface area (TPSA) is 26.3 Å². The molecule has 0 radical (unpaired) electrons. The number of thiol groups is 1. The van der Waals surface area contributed by atoms with E-state index in [0.29, 0.717) is 10.6 Å². The smallest absolute Gasteiger partial charge is 0.240 e. The van der Waals surface area contributed by atoms with Crippen LogP contribution in [0.5, 0.6) is 5.75 Å². The third-order valence-electron chi connectivity index (χ3n) is 1.94. The first kappa shape index (κ1) is 11.2. The van der Waals surface area contributed by atoms with Crippen molar-refractivity contribution in [2.45, 2.75) is 9.79 Å². The largest absolute Gasteiger partial charge is 0.397 e. The molecule has 2 rings (SSSR count). The summed E-state index contributed by atoms with van der Waals surface area (Å²) in [6.45, 7) is 0. The van der Waals surface area contributed by atoms with Gasteiger partial charge in [-0.15, -0.1) is 12.6 Å². The Bertz CT molecular complexity index is 480. The van der Waals surface area contributed by atoms with Crippen molar-refractivity contribution in [3.05, 3.63) is 54.6 Å². The standard InChI is InChI=1S/C12H10O2S2/c13-16(12-4-2-1-3-5-12)14-10-6-8-11(15)9-7-10/h1-9,15H. The minimum atomic E-state index is -1.47. The van der Waals surface area contributed by atoms with Gasteiger partial charge in [-0.25, -0.2) is 4.21 Å². The van der Waals surface area contributed by atoms with Gasteiger partial charge in [0.15, 0.2) is 0 Å². The molecule has 0 spiro atoms. The molecule has 82 valence electrons. The second-order valence-electron chi connectivity index (χ2n) is 3.12. The molecule has 0 aliphatic heterocycles. The first-order valence-electron chi connectivity index (χ1n) is 4.70. The van der Waals surface area contributed by atoms with E-state index in [-0.39, 0.29) is 0 Å². The van der Waals surface area contributed by atoms with E-state index < -0.39 is 11.1 Å². The van der Waals surface area contributed by atoms with Crippen molar-refractivity contribution in [3.63, 3.8) is 0 Å². The minimum absolute atomic E-state index is 0.569. The van der Waals surface area contributed by atoms with Gasteiger partial charge >= 0.3 is 0 Å². The monoisotopic (exact) mass is 250 g/mol. The highest BCUT2D eigenvalue weighted by Gasteiger charge is 2.04. The molecule has 1 atom stereocenters. The quantitative estimate of drug-likeness (QED) is 0.847. The molecule has 0 aliphatic carbocycles. The zero-order valence-electron chi connectivity index (χ0n) is 8.37. The van der Waals surface area contributed by atoms with Crippen LogP contribution in [-0.2, 0) is 11.1 Å². The Kier molecular flexibility index (Phi) is 3.64. The maximum Gasteiger partial charge on any atom is 0.240 e. The summed E-state index contributed by atoms with van der Waals surface area (Å²) in [5.74, 6) is 0.569. The van der Waals surface area contributed by atoms with Crippen LogP contribution in [0.2, 0.25) is 0 Å². The highest BCUT2D eigenvalue weighted by molar-refractivity contribution is 7.80. The molecular formula is C12H10O2S2. The second-order valence-corrected chi connectivity index (χ2v) is 4.75. The fourth-order valence-electron chi connectivity index (χ4n) is 1.17. The van der Waals surface area contributed by atoms with Crippen LogP contribution in [0.15, 0.2) is 64.4 Å². The van der Waals surface area contributed by atoms with Crippen LogP contribution in [0, 0.1) is 0 Å². The van der Waals surface area contributed by atoms with Crippen LogP contribution in [0.4, 0.5) is 0 Å². The van der Waals surface area contributed by atoms with Crippen LogP contribution in [-0.4, -0.2) is 4.21 Å². The number of hydrogen-bond donors (Lipinski definition) is 1. The van der Waals surface area contributed by atoms with Crippen LogP contribution in [0.3, 0.4) is 0 Å². The van der Waals surface area contributed by atoms with E-state index >= 15 is 0 Å². The molecule has 0 amide bonds. The van der Waals surface area contributed by atoms with Gasteiger partial charge in [0, 0.05) is 4.90 Å². The molecule has 0 fully saturated rings. The van der Waals surface area contributed by atoms with Gasteiger partial charge < -0.3 is 4.18 Å². The molecule has 0 aliphatic rings. The number of rotatable bonds is 3. The Morgan fingerprint density at radius 2 is 1.56 bits per heavy atom. The SMILES string of the molecule is O=S(Oc1ccc(S)cc1)c1ccccc1. The molecule has 4 heteroatoms. The van der Waals surface area contributed by atoms with E-state index in [4.69, 9.17) is 4.18 Å². The lowest BCUT2D eigenvalue weighted by molar-refractivity contribution is 0.561. The third kappa shape index (κ3) is 2.87. The first-order chi connectivity index (χ1) is 7.75. The lowest BCUT2D eigenvalue weighted by atomic mass is 10.3. The lowest BCUT2D eigenvalue weighted by Gasteiger charge is -2.04. The van der Waals surface area contributed by atoms with Crippen molar-refractivity contribution in [3.8, 4) is 5.75 Å². The average Bonchev–Trinajstić information content (AvgIpc) is 2.33. The van der Waals surface area contributed by atoms with Gasteiger partial charge in [-0.05, 0) is 36.4 Å². The van der Waals surface area contributed by atoms with Gasteiger partial charge in [-0.3, -0.25) is 0 Å². The van der Waals surface area contributed by atoms with Crippen LogP contribution in [0.1, 0.15) is 0 Å². The highest BCUT2D eigenvalue weighted by atomic mass is 32.2. The Labute approximate surface area is 102 Å². The van der Waals surface area contributed by atoms with Crippen LogP contribution >= 0.6 is 12.6 Å². The zero-order chi connectivity index (χ0) is 11.4. The van der Waals surface area contributed by atoms with Crippen LogP contribution < -0.4 is 4.18 Å². The fraction of sp³-hybridized carbons (Fsp3) is 0. The summed E-state index contributed by atoms with van der Waals surface area (Å²) in [4.78, 5) is 1.50. The molecule has 0 aromatic heterocycles. The number of benzene rings is 2. The van der Waals surface area contributed by atoms with Gasteiger partial charge in [0.25, 0.3) is 0 Å². The van der Waals surface area contributed by atoms with E-state index in [1.54, 1.807) is 36.4 Å². The molecule has 2 aromatic rings. The molecule has 2 aromatic carbocycles. The van der Waals surface area contributed by atoms with Crippen molar-refractivity contribution in [1.29, 1.82) is 0 Å². The van der Waals surface area contributed by atoms with Crippen molar-refractivity contribution in [1.82, 2.24) is 0 Å². The van der Waals surface area contributed by atoms with Gasteiger partial charge in [0.05, 0.1) is 4.90 Å². The van der Waals surface area contributed by atoms with E-state index in [2.05, 4.69) is 12.6 Å². The Morgan fingerprint density at radius 3 is 2.19 bits per heavy atom. The molecular weight excluding hydrogens is 240 g/mol. The summed E-state index contributed by atoms with van der Waals surface area (Å²) < 4.78 is 17.1. The molecule has 0 saturated carbocycles. The predicted molar refractivity (Wildman–Crippen MR) is 67.2 cm³/mol. The highest BCUT2D eigenvalue weighted by Crippen LogP contribution is 2.17. The maximum atomic E-state index is 11.8. The lowest BCUT2D eigenvalue weighted by Crippen LogP contribution is -2.00. The van der Waals surface area contributed by atoms with E-state index in [1.807, 2.05) is 18.2 Å². The zero-order valence-corrected chi connectivity index (χ0v) is 10.1. The molecule has 0 N–H and O–H groups in total. The Hall–Kier alpha value is -1.26. The van der Waals surface area contributed by atoms with Crippen LogP contribution in [0.25, 0.3) is 0 Å². The van der Waals surface area contributed by atoms with Crippen molar-refractivity contribution in [2.75, 3.05) is 0 Å². The van der Waals surface area contributed by atoms with Crippen molar-refractivity contribution >= 4 is 23.7 Å². The van der Waals surface area contributed by atoms with Crippen molar-refractivity contribution in [2.24, 2.45) is 0 Å². The summed E-state index contributed by atoms with van der Waals surface area (Å²) in [5.41, 5.74) is 0.